The molecule has 0 N–H and O–H groups in total. The molecule has 0 amide bonds. The predicted octanol–water partition coefficient (Wildman–Crippen LogP) is 9.01. The molecule has 0 aromatic carbocycles. The number of hydrogen-bond acceptors (Lipinski definition) is 1. The maximum atomic E-state index is 12.6. The van der Waals surface area contributed by atoms with Crippen LogP contribution in [0.2, 0.25) is 0 Å². The molecule has 0 bridgehead atoms. The van der Waals surface area contributed by atoms with Crippen LogP contribution < -0.4 is 0 Å². The fraction of sp³-hybridized carbons (Fsp3) is 0.815. The van der Waals surface area contributed by atoms with Crippen LogP contribution in [0, 0.1) is 23.7 Å². The van der Waals surface area contributed by atoms with Crippen LogP contribution in [0.3, 0.4) is 0 Å². The molecule has 1 nitrogen and oxygen atoms in total. The molecule has 1 heterocycles. The van der Waals surface area contributed by atoms with E-state index in [0.717, 1.165) is 48.1 Å². The molecule has 4 heteroatoms. The Hall–Kier alpha value is -1.06. The highest BCUT2D eigenvalue weighted by Crippen LogP contribution is 2.43. The molecule has 2 aliphatic rings. The summed E-state index contributed by atoms with van der Waals surface area (Å²) >= 11 is 0. The Morgan fingerprint density at radius 1 is 0.774 bits per heavy atom. The van der Waals surface area contributed by atoms with Crippen molar-refractivity contribution in [1.29, 1.82) is 0 Å². The zero-order valence-corrected chi connectivity index (χ0v) is 19.4. The molecule has 2 aliphatic carbocycles. The zero-order valence-electron chi connectivity index (χ0n) is 19.4. The second-order valence-electron chi connectivity index (χ2n) is 10.4. The number of hydrogen-bond donors (Lipinski definition) is 0. The fourth-order valence-corrected chi connectivity index (χ4v) is 6.04. The van der Waals surface area contributed by atoms with Gasteiger partial charge in [0.15, 0.2) is 0 Å². The molecule has 0 unspecified atom stereocenters. The zero-order chi connectivity index (χ0) is 22.1. The molecule has 0 spiro atoms. The van der Waals surface area contributed by atoms with Gasteiger partial charge in [0.2, 0.25) is 0 Å². The number of unbranched alkanes of at least 4 members (excludes halogenated alkanes) is 4. The van der Waals surface area contributed by atoms with Gasteiger partial charge in [0.25, 0.3) is 0 Å². The first-order valence-electron chi connectivity index (χ1n) is 13.0. The number of aryl methyl sites for hydroxylation is 1. The molecule has 3 rings (SSSR count). The van der Waals surface area contributed by atoms with Crippen LogP contribution in [0.25, 0.3) is 0 Å². The van der Waals surface area contributed by atoms with E-state index in [-0.39, 0.29) is 0 Å². The van der Waals surface area contributed by atoms with Crippen molar-refractivity contribution in [3.63, 3.8) is 0 Å². The average Bonchev–Trinajstić information content (AvgIpc) is 2.78. The molecule has 2 fully saturated rings. The van der Waals surface area contributed by atoms with Crippen molar-refractivity contribution in [3.05, 3.63) is 29.6 Å². The summed E-state index contributed by atoms with van der Waals surface area (Å²) in [5.74, 6) is 3.61. The van der Waals surface area contributed by atoms with Gasteiger partial charge in [-0.2, -0.15) is 13.2 Å². The van der Waals surface area contributed by atoms with Crippen molar-refractivity contribution in [2.75, 3.05) is 0 Å². The molecule has 0 radical (unpaired) electrons. The van der Waals surface area contributed by atoms with Gasteiger partial charge in [-0.05, 0) is 73.8 Å². The van der Waals surface area contributed by atoms with Crippen LogP contribution in [0.15, 0.2) is 18.3 Å². The van der Waals surface area contributed by atoms with Crippen LogP contribution in [-0.4, -0.2) is 4.98 Å². The minimum absolute atomic E-state index is 0.734. The van der Waals surface area contributed by atoms with Gasteiger partial charge in [-0.25, -0.2) is 0 Å². The first-order chi connectivity index (χ1) is 15.0. The summed E-state index contributed by atoms with van der Waals surface area (Å²) < 4.78 is 37.9. The van der Waals surface area contributed by atoms with Crippen molar-refractivity contribution >= 4 is 0 Å². The third kappa shape index (κ3) is 8.09. The van der Waals surface area contributed by atoms with Crippen molar-refractivity contribution < 1.29 is 13.2 Å². The summed E-state index contributed by atoms with van der Waals surface area (Å²) in [4.78, 5) is 3.60. The third-order valence-electron chi connectivity index (χ3n) is 8.12. The van der Waals surface area contributed by atoms with Crippen LogP contribution in [0.5, 0.6) is 0 Å². The SMILES string of the molecule is CCCCCCCC1CCC(C2CCC(CCc3ccc(C(F)(F)F)nc3)CC2)CC1. The standard InChI is InChI=1S/C27H42F3N/c1-2-3-4-5-6-7-21-10-15-24(16-11-21)25-17-12-22(13-18-25)8-9-23-14-19-26(31-20-23)27(28,29)30/h14,19-22,24-25H,2-13,15-18H2,1H3. The summed E-state index contributed by atoms with van der Waals surface area (Å²) in [6.45, 7) is 2.28. The molecule has 31 heavy (non-hydrogen) atoms. The lowest BCUT2D eigenvalue weighted by molar-refractivity contribution is -0.141. The Kier molecular flexibility index (Phi) is 9.72. The Bertz CT molecular complexity index is 608. The number of aromatic nitrogens is 1. The van der Waals surface area contributed by atoms with Gasteiger partial charge < -0.3 is 0 Å². The number of rotatable bonds is 10. The maximum absolute atomic E-state index is 12.6. The highest BCUT2D eigenvalue weighted by Gasteiger charge is 2.32. The number of alkyl halides is 3. The van der Waals surface area contributed by atoms with E-state index in [0.29, 0.717) is 0 Å². The monoisotopic (exact) mass is 437 g/mol. The Balaban J connectivity index is 1.29. The fourth-order valence-electron chi connectivity index (χ4n) is 6.04. The van der Waals surface area contributed by atoms with E-state index in [9.17, 15) is 13.2 Å². The van der Waals surface area contributed by atoms with Gasteiger partial charge in [-0.1, -0.05) is 77.2 Å². The lowest BCUT2D eigenvalue weighted by atomic mass is 9.68. The van der Waals surface area contributed by atoms with Gasteiger partial charge in [0.1, 0.15) is 5.69 Å². The quantitative estimate of drug-likeness (QED) is 0.333. The summed E-state index contributed by atoms with van der Waals surface area (Å²) in [6.07, 6.45) is 18.6. The molecular weight excluding hydrogens is 395 g/mol. The summed E-state index contributed by atoms with van der Waals surface area (Å²) in [7, 11) is 0. The van der Waals surface area contributed by atoms with Gasteiger partial charge >= 0.3 is 6.18 Å². The number of nitrogens with zero attached hydrogens (tertiary/aromatic N) is 1. The Morgan fingerprint density at radius 2 is 1.35 bits per heavy atom. The van der Waals surface area contributed by atoms with E-state index in [1.165, 1.54) is 96.1 Å². The van der Waals surface area contributed by atoms with Gasteiger partial charge in [-0.15, -0.1) is 0 Å². The van der Waals surface area contributed by atoms with E-state index in [2.05, 4.69) is 11.9 Å². The molecule has 176 valence electrons. The van der Waals surface area contributed by atoms with Gasteiger partial charge in [0.05, 0.1) is 0 Å². The molecule has 0 saturated heterocycles. The van der Waals surface area contributed by atoms with E-state index in [1.54, 1.807) is 6.07 Å². The third-order valence-corrected chi connectivity index (χ3v) is 8.12. The largest absolute Gasteiger partial charge is 0.433 e. The van der Waals surface area contributed by atoms with E-state index in [1.807, 2.05) is 0 Å². The van der Waals surface area contributed by atoms with Crippen LogP contribution in [-0.2, 0) is 12.6 Å². The highest BCUT2D eigenvalue weighted by molar-refractivity contribution is 5.16. The lowest BCUT2D eigenvalue weighted by Crippen LogP contribution is -2.26. The van der Waals surface area contributed by atoms with Crippen LogP contribution >= 0.6 is 0 Å². The molecule has 1 aromatic heterocycles. The van der Waals surface area contributed by atoms with Gasteiger partial charge in [-0.3, -0.25) is 4.98 Å². The first kappa shape index (κ1) is 24.6. The van der Waals surface area contributed by atoms with Crippen molar-refractivity contribution in [1.82, 2.24) is 4.98 Å². The summed E-state index contributed by atoms with van der Waals surface area (Å²) in [5.41, 5.74) is 0.145. The highest BCUT2D eigenvalue weighted by atomic mass is 19.4. The Morgan fingerprint density at radius 3 is 1.87 bits per heavy atom. The predicted molar refractivity (Wildman–Crippen MR) is 122 cm³/mol. The Labute approximate surface area is 187 Å². The van der Waals surface area contributed by atoms with Crippen molar-refractivity contribution in [3.8, 4) is 0 Å². The molecular formula is C27H42F3N. The summed E-state index contributed by atoms with van der Waals surface area (Å²) in [5, 5.41) is 0. The topological polar surface area (TPSA) is 12.9 Å². The normalized spacial score (nSPS) is 27.4. The average molecular weight is 438 g/mol. The van der Waals surface area contributed by atoms with E-state index >= 15 is 0 Å². The molecule has 0 atom stereocenters. The van der Waals surface area contributed by atoms with Gasteiger partial charge in [0, 0.05) is 6.20 Å². The second kappa shape index (κ2) is 12.3. The number of halogens is 3. The molecule has 2 saturated carbocycles. The first-order valence-corrected chi connectivity index (χ1v) is 13.0. The second-order valence-corrected chi connectivity index (χ2v) is 10.4. The number of pyridine rings is 1. The summed E-state index contributed by atoms with van der Waals surface area (Å²) in [6, 6.07) is 2.72. The van der Waals surface area contributed by atoms with Crippen LogP contribution in [0.4, 0.5) is 13.2 Å². The maximum Gasteiger partial charge on any atom is 0.433 e. The minimum atomic E-state index is -4.34. The van der Waals surface area contributed by atoms with Crippen molar-refractivity contribution in [2.45, 2.75) is 116 Å². The van der Waals surface area contributed by atoms with E-state index in [4.69, 9.17) is 0 Å². The van der Waals surface area contributed by atoms with Crippen LogP contribution in [0.1, 0.15) is 114 Å². The molecule has 1 aromatic rings. The van der Waals surface area contributed by atoms with Crippen molar-refractivity contribution in [2.24, 2.45) is 23.7 Å². The lowest BCUT2D eigenvalue weighted by Gasteiger charge is -2.38. The molecule has 0 aliphatic heterocycles. The minimum Gasteiger partial charge on any atom is -0.252 e. The van der Waals surface area contributed by atoms with E-state index < -0.39 is 11.9 Å². The smallest absolute Gasteiger partial charge is 0.252 e.